The Bertz CT molecular complexity index is 317. The highest BCUT2D eigenvalue weighted by Crippen LogP contribution is 2.20. The Balaban J connectivity index is 2.58. The molecule has 0 aromatic heterocycles. The lowest BCUT2D eigenvalue weighted by molar-refractivity contribution is 0.246. The number of nitrogens with zero attached hydrogens (tertiary/aromatic N) is 1. The van der Waals surface area contributed by atoms with Crippen molar-refractivity contribution in [3.05, 3.63) is 23.7 Å². The Morgan fingerprint density at radius 2 is 1.72 bits per heavy atom. The molecule has 18 heavy (non-hydrogen) atoms. The van der Waals surface area contributed by atoms with Gasteiger partial charge in [0.25, 0.3) is 0 Å². The molecule has 1 aliphatic heterocycles. The average Bonchev–Trinajstić information content (AvgIpc) is 2.34. The molecule has 0 aromatic rings. The summed E-state index contributed by atoms with van der Waals surface area (Å²) in [5.74, 6) is 0.816. The molecule has 0 radical (unpaired) electrons. The summed E-state index contributed by atoms with van der Waals surface area (Å²) in [4.78, 5) is 2.22. The predicted molar refractivity (Wildman–Crippen MR) is 77.7 cm³/mol. The zero-order valence-electron chi connectivity index (χ0n) is 12.2. The van der Waals surface area contributed by atoms with E-state index in [1.165, 1.54) is 0 Å². The molecule has 0 aromatic carbocycles. The van der Waals surface area contributed by atoms with Gasteiger partial charge in [0.05, 0.1) is 5.82 Å². The van der Waals surface area contributed by atoms with Crippen LogP contribution in [0.1, 0.15) is 33.6 Å². The number of rotatable bonds is 3. The average molecular weight is 252 g/mol. The Morgan fingerprint density at radius 1 is 1.17 bits per heavy atom. The van der Waals surface area contributed by atoms with Crippen LogP contribution in [0.2, 0.25) is 0 Å². The monoisotopic (exact) mass is 252 g/mol. The first-order valence-corrected chi connectivity index (χ1v) is 6.70. The SMILES string of the molecule is CNC1CCN(/C(N)=C/C=C(\N)C(C)(C)C)CC1. The Hall–Kier alpha value is -1.16. The summed E-state index contributed by atoms with van der Waals surface area (Å²) in [5, 5.41) is 3.31. The van der Waals surface area contributed by atoms with Gasteiger partial charge in [-0.25, -0.2) is 0 Å². The third kappa shape index (κ3) is 4.26. The van der Waals surface area contributed by atoms with Gasteiger partial charge in [-0.2, -0.15) is 0 Å². The molecule has 104 valence electrons. The van der Waals surface area contributed by atoms with E-state index in [1.807, 2.05) is 19.2 Å². The van der Waals surface area contributed by atoms with Crippen LogP contribution < -0.4 is 16.8 Å². The first kappa shape index (κ1) is 14.9. The van der Waals surface area contributed by atoms with Crippen LogP contribution in [0, 0.1) is 5.41 Å². The summed E-state index contributed by atoms with van der Waals surface area (Å²) >= 11 is 0. The second-order valence-electron chi connectivity index (χ2n) is 6.01. The minimum Gasteiger partial charge on any atom is -0.402 e. The van der Waals surface area contributed by atoms with Crippen molar-refractivity contribution in [2.45, 2.75) is 39.7 Å². The molecule has 0 bridgehead atoms. The molecule has 1 heterocycles. The van der Waals surface area contributed by atoms with Crippen molar-refractivity contribution in [1.82, 2.24) is 10.2 Å². The molecule has 4 nitrogen and oxygen atoms in total. The lowest BCUT2D eigenvalue weighted by Gasteiger charge is -2.33. The Labute approximate surface area is 111 Å². The van der Waals surface area contributed by atoms with Gasteiger partial charge in [-0.3, -0.25) is 0 Å². The van der Waals surface area contributed by atoms with E-state index in [4.69, 9.17) is 11.5 Å². The minimum atomic E-state index is -0.00406. The molecule has 0 amide bonds. The standard InChI is InChI=1S/C14H28N4/c1-14(2,3)12(15)5-6-13(16)18-9-7-11(17-4)8-10-18/h5-6,11,17H,7-10,15-16H2,1-4H3/b12-5-,13-6+. The van der Waals surface area contributed by atoms with Gasteiger partial charge in [-0.05, 0) is 32.0 Å². The van der Waals surface area contributed by atoms with E-state index in [0.29, 0.717) is 6.04 Å². The number of hydrogen-bond donors (Lipinski definition) is 3. The van der Waals surface area contributed by atoms with Crippen LogP contribution in [0.5, 0.6) is 0 Å². The van der Waals surface area contributed by atoms with Crippen molar-refractivity contribution in [2.24, 2.45) is 16.9 Å². The number of allylic oxidation sites excluding steroid dienone is 3. The van der Waals surface area contributed by atoms with Gasteiger partial charge in [-0.1, -0.05) is 20.8 Å². The molecule has 1 saturated heterocycles. The van der Waals surface area contributed by atoms with Crippen molar-refractivity contribution in [2.75, 3.05) is 20.1 Å². The van der Waals surface area contributed by atoms with Crippen LogP contribution in [-0.4, -0.2) is 31.1 Å². The van der Waals surface area contributed by atoms with E-state index in [9.17, 15) is 0 Å². The summed E-state index contributed by atoms with van der Waals surface area (Å²) in [5.41, 5.74) is 13.0. The second kappa shape index (κ2) is 6.14. The molecule has 0 spiro atoms. The van der Waals surface area contributed by atoms with Gasteiger partial charge in [0, 0.05) is 30.2 Å². The summed E-state index contributed by atoms with van der Waals surface area (Å²) in [7, 11) is 2.02. The molecule has 0 aliphatic carbocycles. The molecule has 5 N–H and O–H groups in total. The number of likely N-dealkylation sites (tertiary alicyclic amines) is 1. The fraction of sp³-hybridized carbons (Fsp3) is 0.714. The third-order valence-corrected chi connectivity index (χ3v) is 3.57. The molecule has 0 atom stereocenters. The molecular formula is C14H28N4. The Morgan fingerprint density at radius 3 is 2.17 bits per heavy atom. The molecule has 0 unspecified atom stereocenters. The molecule has 4 heteroatoms. The molecule has 1 fully saturated rings. The van der Waals surface area contributed by atoms with E-state index >= 15 is 0 Å². The van der Waals surface area contributed by atoms with E-state index in [2.05, 4.69) is 31.0 Å². The molecule has 1 rings (SSSR count). The zero-order chi connectivity index (χ0) is 13.8. The van der Waals surface area contributed by atoms with Crippen LogP contribution in [0.15, 0.2) is 23.7 Å². The normalized spacial score (nSPS) is 20.3. The van der Waals surface area contributed by atoms with Crippen molar-refractivity contribution >= 4 is 0 Å². The molecule has 1 aliphatic rings. The van der Waals surface area contributed by atoms with Crippen molar-refractivity contribution in [3.8, 4) is 0 Å². The highest BCUT2D eigenvalue weighted by molar-refractivity contribution is 5.18. The van der Waals surface area contributed by atoms with Gasteiger partial charge in [0.2, 0.25) is 0 Å². The van der Waals surface area contributed by atoms with Gasteiger partial charge in [0.1, 0.15) is 0 Å². The maximum Gasteiger partial charge on any atom is 0.0987 e. The smallest absolute Gasteiger partial charge is 0.0987 e. The Kier molecular flexibility index (Phi) is 5.08. The van der Waals surface area contributed by atoms with E-state index in [-0.39, 0.29) is 5.41 Å². The first-order chi connectivity index (χ1) is 8.34. The maximum atomic E-state index is 6.09. The maximum absolute atomic E-state index is 6.09. The van der Waals surface area contributed by atoms with Crippen LogP contribution in [0.3, 0.4) is 0 Å². The summed E-state index contributed by atoms with van der Waals surface area (Å²) in [6, 6.07) is 0.629. The largest absolute Gasteiger partial charge is 0.402 e. The topological polar surface area (TPSA) is 67.3 Å². The van der Waals surface area contributed by atoms with Crippen LogP contribution in [0.25, 0.3) is 0 Å². The van der Waals surface area contributed by atoms with Crippen molar-refractivity contribution in [3.63, 3.8) is 0 Å². The fourth-order valence-corrected chi connectivity index (χ4v) is 1.96. The summed E-state index contributed by atoms with van der Waals surface area (Å²) in [6.45, 7) is 8.32. The quantitative estimate of drug-likeness (QED) is 0.664. The number of piperidine rings is 1. The van der Waals surface area contributed by atoms with Crippen LogP contribution in [0.4, 0.5) is 0 Å². The van der Waals surface area contributed by atoms with Crippen LogP contribution >= 0.6 is 0 Å². The van der Waals surface area contributed by atoms with E-state index < -0.39 is 0 Å². The third-order valence-electron chi connectivity index (χ3n) is 3.57. The molecular weight excluding hydrogens is 224 g/mol. The lowest BCUT2D eigenvalue weighted by Crippen LogP contribution is -2.42. The fourth-order valence-electron chi connectivity index (χ4n) is 1.96. The van der Waals surface area contributed by atoms with E-state index in [1.54, 1.807) is 0 Å². The van der Waals surface area contributed by atoms with Gasteiger partial charge in [0.15, 0.2) is 0 Å². The number of hydrogen-bond acceptors (Lipinski definition) is 4. The van der Waals surface area contributed by atoms with Gasteiger partial charge < -0.3 is 21.7 Å². The summed E-state index contributed by atoms with van der Waals surface area (Å²) < 4.78 is 0. The van der Waals surface area contributed by atoms with Gasteiger partial charge in [-0.15, -0.1) is 0 Å². The van der Waals surface area contributed by atoms with Crippen molar-refractivity contribution in [1.29, 1.82) is 0 Å². The lowest BCUT2D eigenvalue weighted by atomic mass is 9.92. The summed E-state index contributed by atoms with van der Waals surface area (Å²) in [6.07, 6.45) is 6.15. The highest BCUT2D eigenvalue weighted by atomic mass is 15.2. The zero-order valence-corrected chi connectivity index (χ0v) is 12.2. The number of nitrogens with one attached hydrogen (secondary N) is 1. The van der Waals surface area contributed by atoms with Gasteiger partial charge >= 0.3 is 0 Å². The molecule has 0 saturated carbocycles. The minimum absolute atomic E-state index is 0.00406. The first-order valence-electron chi connectivity index (χ1n) is 6.70. The van der Waals surface area contributed by atoms with E-state index in [0.717, 1.165) is 37.4 Å². The number of nitrogens with two attached hydrogens (primary N) is 2. The second-order valence-corrected chi connectivity index (χ2v) is 6.01. The highest BCUT2D eigenvalue weighted by Gasteiger charge is 2.18. The van der Waals surface area contributed by atoms with Crippen LogP contribution in [-0.2, 0) is 0 Å². The predicted octanol–water partition coefficient (Wildman–Crippen LogP) is 1.36. The van der Waals surface area contributed by atoms with Crippen molar-refractivity contribution < 1.29 is 0 Å².